The van der Waals surface area contributed by atoms with Crippen LogP contribution in [-0.2, 0) is 9.53 Å². The van der Waals surface area contributed by atoms with Gasteiger partial charge in [-0.2, -0.15) is 0 Å². The summed E-state index contributed by atoms with van der Waals surface area (Å²) in [6, 6.07) is 0. The van der Waals surface area contributed by atoms with Gasteiger partial charge in [-0.15, -0.1) is 0 Å². The molecule has 4 nitrogen and oxygen atoms in total. The molecule has 0 saturated heterocycles. The zero-order valence-corrected chi connectivity index (χ0v) is 7.84. The summed E-state index contributed by atoms with van der Waals surface area (Å²) in [6.07, 6.45) is 3.64. The van der Waals surface area contributed by atoms with E-state index >= 15 is 0 Å². The average molecular weight is 185 g/mol. The fraction of sp³-hybridized carbons (Fsp3) is 0.778. The normalized spacial score (nSPS) is 17.6. The van der Waals surface area contributed by atoms with E-state index in [1.165, 1.54) is 0 Å². The SMILES string of the molecule is CCCCOC(=O)NC1(C=O)CC1. The molecule has 0 radical (unpaired) electrons. The van der Waals surface area contributed by atoms with Crippen molar-refractivity contribution < 1.29 is 14.3 Å². The molecule has 0 aromatic rings. The molecule has 0 heterocycles. The number of hydrogen-bond donors (Lipinski definition) is 1. The number of alkyl carbamates (subject to hydrolysis) is 1. The second-order valence-electron chi connectivity index (χ2n) is 3.39. The molecule has 0 bridgehead atoms. The molecule has 1 aliphatic rings. The van der Waals surface area contributed by atoms with Crippen molar-refractivity contribution in [1.82, 2.24) is 5.32 Å². The van der Waals surface area contributed by atoms with Crippen LogP contribution < -0.4 is 5.32 Å². The predicted octanol–water partition coefficient (Wildman–Crippen LogP) is 1.24. The summed E-state index contributed by atoms with van der Waals surface area (Å²) in [5.74, 6) is 0. The molecule has 13 heavy (non-hydrogen) atoms. The van der Waals surface area contributed by atoms with Gasteiger partial charge in [0.25, 0.3) is 0 Å². The molecule has 1 saturated carbocycles. The molecule has 0 atom stereocenters. The number of nitrogens with one attached hydrogen (secondary N) is 1. The molecule has 1 amide bonds. The number of unbranched alkanes of at least 4 members (excludes halogenated alkanes) is 1. The van der Waals surface area contributed by atoms with E-state index in [-0.39, 0.29) is 0 Å². The lowest BCUT2D eigenvalue weighted by Crippen LogP contribution is -2.38. The summed E-state index contributed by atoms with van der Waals surface area (Å²) in [5.41, 5.74) is -0.594. The number of amides is 1. The lowest BCUT2D eigenvalue weighted by Gasteiger charge is -2.10. The molecule has 0 unspecified atom stereocenters. The molecule has 1 aliphatic carbocycles. The molecule has 0 aromatic carbocycles. The van der Waals surface area contributed by atoms with Gasteiger partial charge in [-0.05, 0) is 19.3 Å². The Kier molecular flexibility index (Phi) is 3.28. The number of hydrogen-bond acceptors (Lipinski definition) is 3. The molecule has 4 heteroatoms. The number of rotatable bonds is 5. The average Bonchev–Trinajstić information content (AvgIpc) is 2.86. The summed E-state index contributed by atoms with van der Waals surface area (Å²) in [5, 5.41) is 2.55. The first kappa shape index (κ1) is 10.0. The second-order valence-corrected chi connectivity index (χ2v) is 3.39. The first-order chi connectivity index (χ1) is 6.22. The third-order valence-electron chi connectivity index (χ3n) is 2.10. The van der Waals surface area contributed by atoms with Crippen LogP contribution in [0.1, 0.15) is 32.6 Å². The monoisotopic (exact) mass is 185 g/mol. The van der Waals surface area contributed by atoms with E-state index in [0.717, 1.165) is 32.0 Å². The largest absolute Gasteiger partial charge is 0.450 e. The number of carbonyl (C=O) groups is 2. The lowest BCUT2D eigenvalue weighted by molar-refractivity contribution is -0.110. The van der Waals surface area contributed by atoms with Crippen molar-refractivity contribution in [2.75, 3.05) is 6.61 Å². The van der Waals surface area contributed by atoms with Gasteiger partial charge in [0.1, 0.15) is 6.29 Å². The Bertz CT molecular complexity index is 199. The first-order valence-electron chi connectivity index (χ1n) is 4.64. The maximum atomic E-state index is 11.0. The third kappa shape index (κ3) is 3.05. The number of carbonyl (C=O) groups excluding carboxylic acids is 2. The first-order valence-corrected chi connectivity index (χ1v) is 4.64. The van der Waals surface area contributed by atoms with Gasteiger partial charge < -0.3 is 14.8 Å². The lowest BCUT2D eigenvalue weighted by atomic mass is 10.3. The number of aldehydes is 1. The summed E-state index contributed by atoms with van der Waals surface area (Å²) >= 11 is 0. The summed E-state index contributed by atoms with van der Waals surface area (Å²) in [6.45, 7) is 2.45. The van der Waals surface area contributed by atoms with Crippen LogP contribution in [0.5, 0.6) is 0 Å². The minimum atomic E-state index is -0.594. The Morgan fingerprint density at radius 3 is 2.77 bits per heavy atom. The van der Waals surface area contributed by atoms with E-state index in [1.54, 1.807) is 0 Å². The van der Waals surface area contributed by atoms with E-state index in [9.17, 15) is 9.59 Å². The minimum absolute atomic E-state index is 0.428. The van der Waals surface area contributed by atoms with E-state index in [2.05, 4.69) is 5.32 Å². The van der Waals surface area contributed by atoms with E-state index < -0.39 is 11.6 Å². The van der Waals surface area contributed by atoms with Crippen LogP contribution in [0, 0.1) is 0 Å². The van der Waals surface area contributed by atoms with Gasteiger partial charge in [-0.3, -0.25) is 0 Å². The Hall–Kier alpha value is -1.06. The van der Waals surface area contributed by atoms with E-state index in [0.29, 0.717) is 6.61 Å². The summed E-state index contributed by atoms with van der Waals surface area (Å²) in [4.78, 5) is 21.5. The zero-order valence-electron chi connectivity index (χ0n) is 7.84. The molecule has 0 aliphatic heterocycles. The molecule has 0 spiro atoms. The Labute approximate surface area is 77.6 Å². The van der Waals surface area contributed by atoms with Gasteiger partial charge >= 0.3 is 6.09 Å². The highest BCUT2D eigenvalue weighted by Gasteiger charge is 2.44. The van der Waals surface area contributed by atoms with Crippen molar-refractivity contribution in [3.63, 3.8) is 0 Å². The second kappa shape index (κ2) is 4.25. The molecule has 1 N–H and O–H groups in total. The van der Waals surface area contributed by atoms with Crippen LogP contribution in [0.2, 0.25) is 0 Å². The van der Waals surface area contributed by atoms with Crippen LogP contribution in [0.4, 0.5) is 4.79 Å². The van der Waals surface area contributed by atoms with Crippen LogP contribution in [0.25, 0.3) is 0 Å². The fourth-order valence-corrected chi connectivity index (χ4v) is 0.956. The van der Waals surface area contributed by atoms with Crippen molar-refractivity contribution in [1.29, 1.82) is 0 Å². The van der Waals surface area contributed by atoms with Gasteiger partial charge in [0.05, 0.1) is 12.1 Å². The smallest absolute Gasteiger partial charge is 0.407 e. The van der Waals surface area contributed by atoms with Gasteiger partial charge in [-0.25, -0.2) is 4.79 Å². The fourth-order valence-electron chi connectivity index (χ4n) is 0.956. The van der Waals surface area contributed by atoms with Crippen molar-refractivity contribution in [2.45, 2.75) is 38.1 Å². The number of ether oxygens (including phenoxy) is 1. The van der Waals surface area contributed by atoms with E-state index in [1.807, 2.05) is 6.92 Å². The summed E-state index contributed by atoms with van der Waals surface area (Å²) in [7, 11) is 0. The highest BCUT2D eigenvalue weighted by molar-refractivity contribution is 5.79. The predicted molar refractivity (Wildman–Crippen MR) is 47.4 cm³/mol. The zero-order chi connectivity index (χ0) is 9.73. The third-order valence-corrected chi connectivity index (χ3v) is 2.10. The minimum Gasteiger partial charge on any atom is -0.450 e. The highest BCUT2D eigenvalue weighted by atomic mass is 16.5. The van der Waals surface area contributed by atoms with Crippen LogP contribution in [0.3, 0.4) is 0 Å². The molecule has 0 aromatic heterocycles. The van der Waals surface area contributed by atoms with E-state index in [4.69, 9.17) is 4.74 Å². The van der Waals surface area contributed by atoms with Crippen LogP contribution >= 0.6 is 0 Å². The standard InChI is InChI=1S/C9H15NO3/c1-2-3-6-13-8(12)10-9(7-11)4-5-9/h7H,2-6H2,1H3,(H,10,12). The quantitative estimate of drug-likeness (QED) is 0.518. The van der Waals surface area contributed by atoms with Crippen molar-refractivity contribution >= 4 is 12.4 Å². The molecular weight excluding hydrogens is 170 g/mol. The maximum Gasteiger partial charge on any atom is 0.407 e. The van der Waals surface area contributed by atoms with Gasteiger partial charge in [0.15, 0.2) is 0 Å². The molecule has 1 fully saturated rings. The van der Waals surface area contributed by atoms with Crippen molar-refractivity contribution in [2.24, 2.45) is 0 Å². The molecule has 1 rings (SSSR count). The van der Waals surface area contributed by atoms with Crippen LogP contribution in [-0.4, -0.2) is 24.5 Å². The highest BCUT2D eigenvalue weighted by Crippen LogP contribution is 2.32. The van der Waals surface area contributed by atoms with Crippen LogP contribution in [0.15, 0.2) is 0 Å². The maximum absolute atomic E-state index is 11.0. The topological polar surface area (TPSA) is 55.4 Å². The Morgan fingerprint density at radius 1 is 1.62 bits per heavy atom. The summed E-state index contributed by atoms with van der Waals surface area (Å²) < 4.78 is 4.85. The molecule has 74 valence electrons. The Morgan fingerprint density at radius 2 is 2.31 bits per heavy atom. The van der Waals surface area contributed by atoms with Crippen molar-refractivity contribution in [3.05, 3.63) is 0 Å². The van der Waals surface area contributed by atoms with Gasteiger partial charge in [-0.1, -0.05) is 13.3 Å². The van der Waals surface area contributed by atoms with Crippen molar-refractivity contribution in [3.8, 4) is 0 Å². The molecular formula is C9H15NO3. The van der Waals surface area contributed by atoms with Gasteiger partial charge in [0.2, 0.25) is 0 Å². The van der Waals surface area contributed by atoms with Gasteiger partial charge in [0, 0.05) is 0 Å². The Balaban J connectivity index is 2.14.